The Labute approximate surface area is 232 Å². The number of hydrogen-bond donors (Lipinski definition) is 0. The molecule has 2 heterocycles. The summed E-state index contributed by atoms with van der Waals surface area (Å²) in [5.41, 5.74) is 4.34. The quantitative estimate of drug-likeness (QED) is 0.215. The molecule has 0 aromatic heterocycles. The molecule has 3 aliphatic rings. The molecule has 0 amide bonds. The molecule has 1 fully saturated rings. The highest BCUT2D eigenvalue weighted by Crippen LogP contribution is 2.58. The summed E-state index contributed by atoms with van der Waals surface area (Å²) in [6, 6.07) is 14.2. The predicted molar refractivity (Wildman–Crippen MR) is 151 cm³/mol. The van der Waals surface area contributed by atoms with Gasteiger partial charge in [-0.2, -0.15) is 0 Å². The number of ether oxygens (including phenoxy) is 4. The van der Waals surface area contributed by atoms with Gasteiger partial charge in [-0.25, -0.2) is 0 Å². The van der Waals surface area contributed by atoms with Crippen molar-refractivity contribution in [2.75, 3.05) is 52.7 Å². The van der Waals surface area contributed by atoms with Crippen molar-refractivity contribution in [3.8, 4) is 11.5 Å². The summed E-state index contributed by atoms with van der Waals surface area (Å²) >= 11 is 2.39. The average Bonchev–Trinajstić information content (AvgIpc) is 3.42. The van der Waals surface area contributed by atoms with Crippen molar-refractivity contribution >= 4 is 34.1 Å². The van der Waals surface area contributed by atoms with E-state index in [0.29, 0.717) is 19.6 Å². The first kappa shape index (κ1) is 26.1. The molecular formula is C29H33IN2O5. The number of anilines is 1. The zero-order valence-corrected chi connectivity index (χ0v) is 23.7. The lowest BCUT2D eigenvalue weighted by Gasteiger charge is -2.40. The Morgan fingerprint density at radius 3 is 2.78 bits per heavy atom. The highest BCUT2D eigenvalue weighted by Gasteiger charge is 2.60. The van der Waals surface area contributed by atoms with Gasteiger partial charge in [-0.3, -0.25) is 4.79 Å². The first-order valence-electron chi connectivity index (χ1n) is 12.5. The minimum absolute atomic E-state index is 0.242. The number of halogens is 1. The van der Waals surface area contributed by atoms with Crippen LogP contribution in [0, 0.1) is 0 Å². The number of likely N-dealkylation sites (tertiary alicyclic amines) is 1. The summed E-state index contributed by atoms with van der Waals surface area (Å²) in [5.74, 6) is 1.78. The van der Waals surface area contributed by atoms with Gasteiger partial charge in [0, 0.05) is 59.8 Å². The monoisotopic (exact) mass is 616 g/mol. The van der Waals surface area contributed by atoms with E-state index in [1.165, 1.54) is 14.8 Å². The van der Waals surface area contributed by atoms with Gasteiger partial charge >= 0.3 is 0 Å². The number of methoxy groups -OCH3 is 3. The maximum absolute atomic E-state index is 13.7. The molecule has 0 N–H and O–H groups in total. The van der Waals surface area contributed by atoms with Crippen molar-refractivity contribution in [2.24, 2.45) is 0 Å². The molecule has 1 spiro atoms. The number of allylic oxidation sites excluding steroid dienone is 1. The van der Waals surface area contributed by atoms with Gasteiger partial charge in [-0.05, 0) is 58.9 Å². The summed E-state index contributed by atoms with van der Waals surface area (Å²) in [6.07, 6.45) is 5.62. The van der Waals surface area contributed by atoms with E-state index in [1.807, 2.05) is 18.2 Å². The van der Waals surface area contributed by atoms with E-state index in [0.717, 1.165) is 42.3 Å². The molecule has 0 saturated carbocycles. The summed E-state index contributed by atoms with van der Waals surface area (Å²) in [6.45, 7) is 3.10. The molecule has 1 saturated heterocycles. The fourth-order valence-electron chi connectivity index (χ4n) is 6.15. The van der Waals surface area contributed by atoms with Gasteiger partial charge in [0.05, 0.1) is 26.2 Å². The zero-order valence-electron chi connectivity index (χ0n) is 21.5. The molecule has 37 heavy (non-hydrogen) atoms. The second-order valence-corrected chi connectivity index (χ2v) is 10.9. The molecule has 2 aromatic rings. The van der Waals surface area contributed by atoms with E-state index in [1.54, 1.807) is 21.3 Å². The lowest BCUT2D eigenvalue weighted by molar-refractivity contribution is -0.121. The lowest BCUT2D eigenvalue weighted by atomic mass is 9.68. The highest BCUT2D eigenvalue weighted by molar-refractivity contribution is 14.1. The fraction of sp³-hybridized carbons (Fsp3) is 0.414. The molecular weight excluding hydrogens is 583 g/mol. The van der Waals surface area contributed by atoms with Crippen LogP contribution in [-0.2, 0) is 26.2 Å². The highest BCUT2D eigenvalue weighted by atomic mass is 127. The number of rotatable bonds is 10. The Morgan fingerprint density at radius 2 is 2.00 bits per heavy atom. The number of ketones is 1. The summed E-state index contributed by atoms with van der Waals surface area (Å²) < 4.78 is 22.7. The molecule has 2 aromatic carbocycles. The SMILES string of the molecule is COCOC/C=C(\I)CN1CC[C@@]23C1=CCC(=O)[C@@H]2N(Cc1ccc(OC)cc1OC)c1ccccc13. The van der Waals surface area contributed by atoms with Crippen LogP contribution >= 0.6 is 22.6 Å². The smallest absolute Gasteiger partial charge is 0.160 e. The first-order valence-corrected chi connectivity index (χ1v) is 13.6. The van der Waals surface area contributed by atoms with Gasteiger partial charge in [0.15, 0.2) is 5.78 Å². The van der Waals surface area contributed by atoms with Crippen LogP contribution in [0.3, 0.4) is 0 Å². The van der Waals surface area contributed by atoms with E-state index in [9.17, 15) is 4.79 Å². The summed E-state index contributed by atoms with van der Waals surface area (Å²) in [4.78, 5) is 18.4. The second-order valence-electron chi connectivity index (χ2n) is 9.56. The molecule has 196 valence electrons. The molecule has 0 bridgehead atoms. The molecule has 7 nitrogen and oxygen atoms in total. The Hall–Kier alpha value is -2.56. The van der Waals surface area contributed by atoms with Gasteiger partial charge in [-0.15, -0.1) is 0 Å². The largest absolute Gasteiger partial charge is 0.497 e. The van der Waals surface area contributed by atoms with Gasteiger partial charge in [0.2, 0.25) is 0 Å². The predicted octanol–water partition coefficient (Wildman–Crippen LogP) is 4.83. The topological polar surface area (TPSA) is 60.5 Å². The third kappa shape index (κ3) is 4.64. The van der Waals surface area contributed by atoms with Crippen molar-refractivity contribution in [1.29, 1.82) is 0 Å². The van der Waals surface area contributed by atoms with Crippen LogP contribution in [0.1, 0.15) is 24.0 Å². The van der Waals surface area contributed by atoms with Crippen LogP contribution < -0.4 is 14.4 Å². The maximum atomic E-state index is 13.7. The van der Waals surface area contributed by atoms with E-state index >= 15 is 0 Å². The molecule has 1 aliphatic carbocycles. The number of fused-ring (bicyclic) bond motifs is 1. The maximum Gasteiger partial charge on any atom is 0.160 e. The lowest BCUT2D eigenvalue weighted by Crippen LogP contribution is -2.52. The van der Waals surface area contributed by atoms with Gasteiger partial charge < -0.3 is 28.7 Å². The van der Waals surface area contributed by atoms with Crippen LogP contribution in [0.4, 0.5) is 5.69 Å². The van der Waals surface area contributed by atoms with Gasteiger partial charge in [0.1, 0.15) is 24.3 Å². The van der Waals surface area contributed by atoms with Crippen LogP contribution in [0.5, 0.6) is 11.5 Å². The van der Waals surface area contributed by atoms with Crippen molar-refractivity contribution in [2.45, 2.75) is 30.8 Å². The molecule has 0 unspecified atom stereocenters. The standard InChI is InChI=1S/C29H33IN2O5/c1-34-19-37-15-12-21(30)18-31-14-13-29-23-6-4-5-7-24(23)32(28(29)25(33)10-11-27(29)31)17-20-8-9-22(35-2)16-26(20)36-3/h4-9,11-12,16,28H,10,13-15,17-19H2,1-3H3/b21-12-/t28-,29+/m0/s1. The Bertz CT molecular complexity index is 1230. The number of benzene rings is 2. The van der Waals surface area contributed by atoms with E-state index < -0.39 is 0 Å². The molecule has 5 rings (SSSR count). The first-order chi connectivity index (χ1) is 18.0. The van der Waals surface area contributed by atoms with E-state index in [4.69, 9.17) is 18.9 Å². The van der Waals surface area contributed by atoms with Crippen molar-refractivity contribution in [3.05, 3.63) is 75.0 Å². The second kappa shape index (κ2) is 11.0. The van der Waals surface area contributed by atoms with E-state index in [2.05, 4.69) is 68.8 Å². The third-order valence-electron chi connectivity index (χ3n) is 7.65. The number of nitrogens with zero attached hydrogens (tertiary/aromatic N) is 2. The van der Waals surface area contributed by atoms with Crippen LogP contribution in [0.15, 0.2) is 63.9 Å². The average molecular weight is 616 g/mol. The number of hydrogen-bond acceptors (Lipinski definition) is 7. The third-order valence-corrected chi connectivity index (χ3v) is 8.43. The Morgan fingerprint density at radius 1 is 1.16 bits per heavy atom. The summed E-state index contributed by atoms with van der Waals surface area (Å²) in [5, 5.41) is 0. The minimum atomic E-state index is -0.338. The van der Waals surface area contributed by atoms with E-state index in [-0.39, 0.29) is 24.0 Å². The number of para-hydroxylation sites is 1. The Kier molecular flexibility index (Phi) is 7.78. The number of carbonyl (C=O) groups is 1. The van der Waals surface area contributed by atoms with Gasteiger partial charge in [0.25, 0.3) is 0 Å². The molecule has 8 heteroatoms. The molecule has 0 radical (unpaired) electrons. The molecule has 2 aliphatic heterocycles. The van der Waals surface area contributed by atoms with Gasteiger partial charge in [-0.1, -0.05) is 24.3 Å². The summed E-state index contributed by atoms with van der Waals surface area (Å²) in [7, 11) is 4.95. The van der Waals surface area contributed by atoms with Crippen LogP contribution in [0.25, 0.3) is 0 Å². The van der Waals surface area contributed by atoms with Crippen LogP contribution in [-0.4, -0.2) is 64.5 Å². The zero-order chi connectivity index (χ0) is 26.0. The van der Waals surface area contributed by atoms with Crippen LogP contribution in [0.2, 0.25) is 0 Å². The fourth-order valence-corrected chi connectivity index (χ4v) is 6.74. The number of carbonyl (C=O) groups excluding carboxylic acids is 1. The van der Waals surface area contributed by atoms with Crippen molar-refractivity contribution in [1.82, 2.24) is 4.90 Å². The normalized spacial score (nSPS) is 22.5. The Balaban J connectivity index is 1.48. The van der Waals surface area contributed by atoms with Crippen molar-refractivity contribution in [3.63, 3.8) is 0 Å². The van der Waals surface area contributed by atoms with Crippen molar-refractivity contribution < 1.29 is 23.7 Å². The minimum Gasteiger partial charge on any atom is -0.497 e. The molecule has 2 atom stereocenters. The number of Topliss-reactive ketones (excluding diaryl/α,β-unsaturated/α-hetero) is 1.